The Morgan fingerprint density at radius 1 is 1.17 bits per heavy atom. The molecule has 1 N–H and O–H groups in total. The third-order valence-corrected chi connectivity index (χ3v) is 2.77. The van der Waals surface area contributed by atoms with Gasteiger partial charge in [-0.3, -0.25) is 4.79 Å². The van der Waals surface area contributed by atoms with E-state index in [1.165, 1.54) is 0 Å². The van der Waals surface area contributed by atoms with Crippen LogP contribution in [-0.2, 0) is 4.79 Å². The third kappa shape index (κ3) is 3.81. The van der Waals surface area contributed by atoms with Crippen molar-refractivity contribution in [1.29, 1.82) is 0 Å². The molecule has 18 heavy (non-hydrogen) atoms. The summed E-state index contributed by atoms with van der Waals surface area (Å²) in [7, 11) is 0. The van der Waals surface area contributed by atoms with Crippen LogP contribution in [0.1, 0.15) is 26.7 Å². The van der Waals surface area contributed by atoms with E-state index in [2.05, 4.69) is 16.3 Å². The van der Waals surface area contributed by atoms with E-state index in [0.29, 0.717) is 18.6 Å². The first-order chi connectivity index (χ1) is 8.79. The Labute approximate surface area is 109 Å². The number of nitrogens with zero attached hydrogens (tertiary/aromatic N) is 1. The number of carbonyl (C=O) groups is 1. The highest BCUT2D eigenvalue weighted by Crippen LogP contribution is 2.20. The number of rotatable bonds is 2. The standard InChI is InChI=1S/C13H14N2O.C2H6/c1-2-14-11-3-5-12(6-4-11)15-9-7-13(16)8-10-15;1-2/h1,3-6,14H,7-10H2;1-2H3. The molecule has 0 bridgehead atoms. The van der Waals surface area contributed by atoms with Crippen molar-refractivity contribution in [2.24, 2.45) is 0 Å². The summed E-state index contributed by atoms with van der Waals surface area (Å²) in [6.45, 7) is 5.64. The molecule has 1 aromatic carbocycles. The molecule has 0 spiro atoms. The van der Waals surface area contributed by atoms with Gasteiger partial charge < -0.3 is 10.2 Å². The number of anilines is 2. The molecule has 0 unspecified atom stereocenters. The highest BCUT2D eigenvalue weighted by atomic mass is 16.1. The number of terminal acetylenes is 1. The predicted octanol–water partition coefficient (Wildman–Crippen LogP) is 2.88. The van der Waals surface area contributed by atoms with Crippen LogP contribution in [0.3, 0.4) is 0 Å². The monoisotopic (exact) mass is 244 g/mol. The maximum Gasteiger partial charge on any atom is 0.136 e. The van der Waals surface area contributed by atoms with Crippen molar-refractivity contribution >= 4 is 17.2 Å². The number of benzene rings is 1. The summed E-state index contributed by atoms with van der Waals surface area (Å²) in [4.78, 5) is 13.3. The summed E-state index contributed by atoms with van der Waals surface area (Å²) in [5.74, 6) is 0.363. The zero-order valence-electron chi connectivity index (χ0n) is 11.1. The fourth-order valence-electron chi connectivity index (χ4n) is 1.85. The lowest BCUT2D eigenvalue weighted by Gasteiger charge is -2.28. The van der Waals surface area contributed by atoms with Crippen LogP contribution in [0.2, 0.25) is 0 Å². The van der Waals surface area contributed by atoms with Crippen molar-refractivity contribution in [2.45, 2.75) is 26.7 Å². The van der Waals surface area contributed by atoms with Crippen molar-refractivity contribution in [3.63, 3.8) is 0 Å². The molecule has 1 aliphatic heterocycles. The summed E-state index contributed by atoms with van der Waals surface area (Å²) in [5, 5.41) is 2.80. The van der Waals surface area contributed by atoms with E-state index in [-0.39, 0.29) is 0 Å². The maximum atomic E-state index is 11.1. The van der Waals surface area contributed by atoms with E-state index in [1.54, 1.807) is 0 Å². The van der Waals surface area contributed by atoms with Gasteiger partial charge in [0.25, 0.3) is 0 Å². The molecule has 0 atom stereocenters. The van der Waals surface area contributed by atoms with Gasteiger partial charge in [0.1, 0.15) is 5.78 Å². The molecule has 0 amide bonds. The van der Waals surface area contributed by atoms with E-state index in [9.17, 15) is 4.79 Å². The fourth-order valence-corrected chi connectivity index (χ4v) is 1.85. The van der Waals surface area contributed by atoms with E-state index >= 15 is 0 Å². The van der Waals surface area contributed by atoms with Crippen LogP contribution in [0, 0.1) is 12.5 Å². The second-order valence-corrected chi connectivity index (χ2v) is 3.84. The minimum atomic E-state index is 0.363. The van der Waals surface area contributed by atoms with Crippen molar-refractivity contribution < 1.29 is 4.79 Å². The van der Waals surface area contributed by atoms with E-state index < -0.39 is 0 Å². The second-order valence-electron chi connectivity index (χ2n) is 3.84. The third-order valence-electron chi connectivity index (χ3n) is 2.77. The highest BCUT2D eigenvalue weighted by Gasteiger charge is 2.15. The molecule has 1 saturated heterocycles. The first-order valence-corrected chi connectivity index (χ1v) is 6.38. The van der Waals surface area contributed by atoms with E-state index in [0.717, 1.165) is 24.5 Å². The molecule has 0 aliphatic carbocycles. The van der Waals surface area contributed by atoms with Crippen molar-refractivity contribution in [3.8, 4) is 12.5 Å². The van der Waals surface area contributed by atoms with Crippen LogP contribution in [0.25, 0.3) is 0 Å². The number of hydrogen-bond donors (Lipinski definition) is 1. The molecule has 96 valence electrons. The molecule has 3 nitrogen and oxygen atoms in total. The number of carbonyl (C=O) groups excluding carboxylic acids is 1. The number of Topliss-reactive ketones (excluding diaryl/α,β-unsaturated/α-hetero) is 1. The predicted molar refractivity (Wildman–Crippen MR) is 76.7 cm³/mol. The zero-order chi connectivity index (χ0) is 13.4. The van der Waals surface area contributed by atoms with E-state index in [4.69, 9.17) is 6.42 Å². The summed E-state index contributed by atoms with van der Waals surface area (Å²) < 4.78 is 0. The molecule has 1 fully saturated rings. The van der Waals surface area contributed by atoms with Gasteiger partial charge in [-0.1, -0.05) is 20.3 Å². The first kappa shape index (κ1) is 14.1. The Morgan fingerprint density at radius 3 is 2.22 bits per heavy atom. The smallest absolute Gasteiger partial charge is 0.136 e. The molecule has 3 heteroatoms. The molecular formula is C15H20N2O. The second kappa shape index (κ2) is 7.39. The molecular weight excluding hydrogens is 224 g/mol. The number of hydrogen-bond acceptors (Lipinski definition) is 3. The summed E-state index contributed by atoms with van der Waals surface area (Å²) in [5.41, 5.74) is 2.06. The Hall–Kier alpha value is -1.95. The topological polar surface area (TPSA) is 32.3 Å². The lowest BCUT2D eigenvalue weighted by atomic mass is 10.1. The van der Waals surface area contributed by atoms with Gasteiger partial charge in [-0.05, 0) is 24.3 Å². The summed E-state index contributed by atoms with van der Waals surface area (Å²) in [6, 6.07) is 10.3. The van der Waals surface area contributed by atoms with Crippen molar-refractivity contribution in [1.82, 2.24) is 0 Å². The van der Waals surface area contributed by atoms with Crippen molar-refractivity contribution in [2.75, 3.05) is 23.3 Å². The number of piperidine rings is 1. The molecule has 1 heterocycles. The molecule has 2 rings (SSSR count). The minimum Gasteiger partial charge on any atom is -0.371 e. The Morgan fingerprint density at radius 2 is 1.72 bits per heavy atom. The van der Waals surface area contributed by atoms with Crippen molar-refractivity contribution in [3.05, 3.63) is 24.3 Å². The molecule has 1 aromatic rings. The number of nitrogens with one attached hydrogen (secondary N) is 1. The maximum absolute atomic E-state index is 11.1. The summed E-state index contributed by atoms with van der Waals surface area (Å²) in [6.07, 6.45) is 6.46. The quantitative estimate of drug-likeness (QED) is 0.641. The SMILES string of the molecule is C#CNc1ccc(N2CCC(=O)CC2)cc1.CC. The lowest BCUT2D eigenvalue weighted by Crippen LogP contribution is -2.33. The van der Waals surface area contributed by atoms with Crippen LogP contribution in [0.5, 0.6) is 0 Å². The van der Waals surface area contributed by atoms with Crippen LogP contribution in [-0.4, -0.2) is 18.9 Å². The lowest BCUT2D eigenvalue weighted by molar-refractivity contribution is -0.119. The van der Waals surface area contributed by atoms with Crippen LogP contribution >= 0.6 is 0 Å². The van der Waals surface area contributed by atoms with Gasteiger partial charge in [0.05, 0.1) is 0 Å². The molecule has 0 radical (unpaired) electrons. The Kier molecular flexibility index (Phi) is 5.79. The average molecular weight is 244 g/mol. The number of ketones is 1. The Bertz CT molecular complexity index is 407. The van der Waals surface area contributed by atoms with Gasteiger partial charge in [-0.15, -0.1) is 0 Å². The van der Waals surface area contributed by atoms with Gasteiger partial charge in [0.2, 0.25) is 0 Å². The van der Waals surface area contributed by atoms with Crippen LogP contribution < -0.4 is 10.2 Å². The summed E-state index contributed by atoms with van der Waals surface area (Å²) >= 11 is 0. The zero-order valence-corrected chi connectivity index (χ0v) is 11.1. The molecule has 1 aliphatic rings. The van der Waals surface area contributed by atoms with Gasteiger partial charge >= 0.3 is 0 Å². The molecule has 0 aromatic heterocycles. The molecule has 0 saturated carbocycles. The van der Waals surface area contributed by atoms with Gasteiger partial charge in [0, 0.05) is 43.4 Å². The normalized spacial score (nSPS) is 14.3. The van der Waals surface area contributed by atoms with Crippen LogP contribution in [0.15, 0.2) is 24.3 Å². The largest absolute Gasteiger partial charge is 0.371 e. The van der Waals surface area contributed by atoms with Gasteiger partial charge in [0.15, 0.2) is 0 Å². The van der Waals surface area contributed by atoms with Gasteiger partial charge in [-0.25, -0.2) is 0 Å². The van der Waals surface area contributed by atoms with E-state index in [1.807, 2.05) is 38.1 Å². The minimum absolute atomic E-state index is 0.363. The Balaban J connectivity index is 0.000000771. The fraction of sp³-hybridized carbons (Fsp3) is 0.400. The van der Waals surface area contributed by atoms with Crippen LogP contribution in [0.4, 0.5) is 11.4 Å². The van der Waals surface area contributed by atoms with Gasteiger partial charge in [-0.2, -0.15) is 0 Å². The average Bonchev–Trinajstić information content (AvgIpc) is 2.43. The highest BCUT2D eigenvalue weighted by molar-refractivity contribution is 5.81. The first-order valence-electron chi connectivity index (χ1n) is 6.38.